The van der Waals surface area contributed by atoms with Crippen LogP contribution < -0.4 is 4.90 Å². The highest BCUT2D eigenvalue weighted by Crippen LogP contribution is 2.29. The maximum atomic E-state index is 8.93. The van der Waals surface area contributed by atoms with Gasteiger partial charge in [0.25, 0.3) is 0 Å². The summed E-state index contributed by atoms with van der Waals surface area (Å²) in [6.07, 6.45) is 5.38. The minimum Gasteiger partial charge on any atom is -0.367 e. The molecule has 0 bridgehead atoms. The minimum atomic E-state index is 0.418. The summed E-state index contributed by atoms with van der Waals surface area (Å²) in [5.41, 5.74) is 2.74. The van der Waals surface area contributed by atoms with Crippen molar-refractivity contribution in [1.82, 2.24) is 0 Å². The molecule has 17 heavy (non-hydrogen) atoms. The Labute approximate surface area is 104 Å². The lowest BCUT2D eigenvalue weighted by molar-refractivity contribution is 0.464. The molecule has 1 aliphatic rings. The van der Waals surface area contributed by atoms with Gasteiger partial charge in [-0.3, -0.25) is 0 Å². The van der Waals surface area contributed by atoms with Crippen LogP contribution in [-0.2, 0) is 6.42 Å². The number of para-hydroxylation sites is 1. The summed E-state index contributed by atoms with van der Waals surface area (Å²) in [4.78, 5) is 2.45. The van der Waals surface area contributed by atoms with Crippen molar-refractivity contribution in [2.24, 2.45) is 0 Å². The average Bonchev–Trinajstić information content (AvgIpc) is 2.40. The third kappa shape index (κ3) is 2.61. The van der Waals surface area contributed by atoms with Gasteiger partial charge in [-0.15, -0.1) is 0 Å². The summed E-state index contributed by atoms with van der Waals surface area (Å²) in [7, 11) is 0. The highest BCUT2D eigenvalue weighted by atomic mass is 15.2. The first-order chi connectivity index (χ1) is 8.36. The normalized spacial score (nSPS) is 20.0. The number of hydrogen-bond donors (Lipinski definition) is 0. The van der Waals surface area contributed by atoms with E-state index in [1.54, 1.807) is 0 Å². The Kier molecular flexibility index (Phi) is 4.03. The van der Waals surface area contributed by atoms with Crippen LogP contribution in [0.2, 0.25) is 0 Å². The second-order valence-corrected chi connectivity index (χ2v) is 4.69. The van der Waals surface area contributed by atoms with E-state index in [1.807, 2.05) is 0 Å². The second kappa shape index (κ2) is 5.72. The first-order valence-electron chi connectivity index (χ1n) is 6.58. The van der Waals surface area contributed by atoms with Gasteiger partial charge in [0.05, 0.1) is 12.5 Å². The van der Waals surface area contributed by atoms with Gasteiger partial charge >= 0.3 is 0 Å². The van der Waals surface area contributed by atoms with Gasteiger partial charge in [0.1, 0.15) is 0 Å². The molecule has 2 nitrogen and oxygen atoms in total. The van der Waals surface area contributed by atoms with Crippen molar-refractivity contribution in [3.8, 4) is 6.07 Å². The first kappa shape index (κ1) is 12.0. The predicted molar refractivity (Wildman–Crippen MR) is 71.0 cm³/mol. The fourth-order valence-electron chi connectivity index (χ4n) is 2.73. The molecule has 1 aromatic carbocycles. The smallest absolute Gasteiger partial charge is 0.0643 e. The zero-order valence-corrected chi connectivity index (χ0v) is 10.5. The van der Waals surface area contributed by atoms with Crippen LogP contribution in [0, 0.1) is 11.3 Å². The molecule has 0 radical (unpaired) electrons. The molecule has 0 saturated carbocycles. The maximum Gasteiger partial charge on any atom is 0.0643 e. The molecule has 1 aliphatic heterocycles. The Balaban J connectivity index is 2.26. The first-order valence-corrected chi connectivity index (χ1v) is 6.58. The SMILES string of the molecule is CCc1ccccc1N1CCCCC1CC#N. The number of nitrogens with zero attached hydrogens (tertiary/aromatic N) is 2. The molecule has 2 rings (SSSR count). The standard InChI is InChI=1S/C15H20N2/c1-2-13-7-3-4-9-15(13)17-12-6-5-8-14(17)10-11-16/h3-4,7,9,14H,2,5-6,8,10,12H2,1H3. The molecule has 1 unspecified atom stereocenters. The minimum absolute atomic E-state index is 0.418. The van der Waals surface area contributed by atoms with Crippen molar-refractivity contribution in [3.63, 3.8) is 0 Å². The highest BCUT2D eigenvalue weighted by Gasteiger charge is 2.23. The summed E-state index contributed by atoms with van der Waals surface area (Å²) >= 11 is 0. The lowest BCUT2D eigenvalue weighted by Crippen LogP contribution is -2.39. The predicted octanol–water partition coefficient (Wildman–Crippen LogP) is 3.52. The van der Waals surface area contributed by atoms with Gasteiger partial charge in [0, 0.05) is 18.3 Å². The van der Waals surface area contributed by atoms with Crippen LogP contribution in [0.3, 0.4) is 0 Å². The number of hydrogen-bond acceptors (Lipinski definition) is 2. The van der Waals surface area contributed by atoms with Crippen LogP contribution in [0.1, 0.15) is 38.2 Å². The molecular formula is C15H20N2. The molecule has 1 aromatic rings. The quantitative estimate of drug-likeness (QED) is 0.791. The van der Waals surface area contributed by atoms with Crippen molar-refractivity contribution in [3.05, 3.63) is 29.8 Å². The molecule has 1 atom stereocenters. The van der Waals surface area contributed by atoms with Crippen LogP contribution in [0.5, 0.6) is 0 Å². The second-order valence-electron chi connectivity index (χ2n) is 4.69. The van der Waals surface area contributed by atoms with E-state index in [0.717, 1.165) is 19.4 Å². The largest absolute Gasteiger partial charge is 0.367 e. The van der Waals surface area contributed by atoms with E-state index in [1.165, 1.54) is 24.1 Å². The number of benzene rings is 1. The monoisotopic (exact) mass is 228 g/mol. The fraction of sp³-hybridized carbons (Fsp3) is 0.533. The zero-order chi connectivity index (χ0) is 12.1. The topological polar surface area (TPSA) is 27.0 Å². The third-order valence-corrected chi connectivity index (χ3v) is 3.64. The van der Waals surface area contributed by atoms with Gasteiger partial charge < -0.3 is 4.90 Å². The van der Waals surface area contributed by atoms with Crippen LogP contribution in [0.15, 0.2) is 24.3 Å². The number of piperidine rings is 1. The molecule has 2 heteroatoms. The molecule has 90 valence electrons. The molecule has 1 fully saturated rings. The van der Waals surface area contributed by atoms with Crippen molar-refractivity contribution in [2.45, 2.75) is 45.1 Å². The summed E-state index contributed by atoms with van der Waals surface area (Å²) in [5, 5.41) is 8.93. The lowest BCUT2D eigenvalue weighted by Gasteiger charge is -2.37. The van der Waals surface area contributed by atoms with Gasteiger partial charge in [-0.1, -0.05) is 25.1 Å². The molecule has 0 aromatic heterocycles. The zero-order valence-electron chi connectivity index (χ0n) is 10.5. The summed E-state index contributed by atoms with van der Waals surface area (Å²) in [5.74, 6) is 0. The molecule has 0 aliphatic carbocycles. The molecular weight excluding hydrogens is 208 g/mol. The third-order valence-electron chi connectivity index (χ3n) is 3.64. The number of nitriles is 1. The van der Waals surface area contributed by atoms with E-state index in [4.69, 9.17) is 5.26 Å². The van der Waals surface area contributed by atoms with Crippen LogP contribution in [0.25, 0.3) is 0 Å². The summed E-state index contributed by atoms with van der Waals surface area (Å²) in [6, 6.07) is 11.4. The maximum absolute atomic E-state index is 8.93. The Morgan fingerprint density at radius 2 is 2.18 bits per heavy atom. The number of aryl methyl sites for hydroxylation is 1. The fourth-order valence-corrected chi connectivity index (χ4v) is 2.73. The van der Waals surface area contributed by atoms with Gasteiger partial charge in [-0.2, -0.15) is 5.26 Å². The molecule has 1 saturated heterocycles. The summed E-state index contributed by atoms with van der Waals surface area (Å²) in [6.45, 7) is 3.30. The Bertz CT molecular complexity index is 406. The van der Waals surface area contributed by atoms with Crippen LogP contribution in [-0.4, -0.2) is 12.6 Å². The van der Waals surface area contributed by atoms with Crippen LogP contribution in [0.4, 0.5) is 5.69 Å². The Morgan fingerprint density at radius 3 is 2.94 bits per heavy atom. The number of rotatable bonds is 3. The highest BCUT2D eigenvalue weighted by molar-refractivity contribution is 5.55. The van der Waals surface area contributed by atoms with E-state index < -0.39 is 0 Å². The lowest BCUT2D eigenvalue weighted by atomic mass is 9.97. The molecule has 1 heterocycles. The van der Waals surface area contributed by atoms with E-state index in [0.29, 0.717) is 12.5 Å². The van der Waals surface area contributed by atoms with Crippen molar-refractivity contribution in [2.75, 3.05) is 11.4 Å². The van der Waals surface area contributed by atoms with Crippen molar-refractivity contribution >= 4 is 5.69 Å². The average molecular weight is 228 g/mol. The van der Waals surface area contributed by atoms with Gasteiger partial charge in [0.15, 0.2) is 0 Å². The van der Waals surface area contributed by atoms with E-state index >= 15 is 0 Å². The van der Waals surface area contributed by atoms with Crippen LogP contribution >= 0.6 is 0 Å². The van der Waals surface area contributed by atoms with E-state index in [-0.39, 0.29) is 0 Å². The van der Waals surface area contributed by atoms with Gasteiger partial charge in [0.2, 0.25) is 0 Å². The molecule has 0 spiro atoms. The molecule has 0 N–H and O–H groups in total. The van der Waals surface area contributed by atoms with Gasteiger partial charge in [-0.05, 0) is 37.3 Å². The van der Waals surface area contributed by atoms with Crippen molar-refractivity contribution in [1.29, 1.82) is 5.26 Å². The van der Waals surface area contributed by atoms with E-state index in [2.05, 4.69) is 42.2 Å². The van der Waals surface area contributed by atoms with E-state index in [9.17, 15) is 0 Å². The number of anilines is 1. The molecule has 0 amide bonds. The Hall–Kier alpha value is -1.49. The van der Waals surface area contributed by atoms with Crippen molar-refractivity contribution < 1.29 is 0 Å². The summed E-state index contributed by atoms with van der Waals surface area (Å²) < 4.78 is 0. The Morgan fingerprint density at radius 1 is 1.35 bits per heavy atom. The van der Waals surface area contributed by atoms with Gasteiger partial charge in [-0.25, -0.2) is 0 Å².